The van der Waals surface area contributed by atoms with E-state index in [-0.39, 0.29) is 17.9 Å². The second kappa shape index (κ2) is 9.60. The van der Waals surface area contributed by atoms with Crippen LogP contribution in [-0.2, 0) is 4.79 Å². The third-order valence-electron chi connectivity index (χ3n) is 5.08. The Morgan fingerprint density at radius 1 is 1.23 bits per heavy atom. The van der Waals surface area contributed by atoms with Crippen LogP contribution in [0, 0.1) is 11.8 Å². The van der Waals surface area contributed by atoms with E-state index in [0.717, 1.165) is 32.0 Å². The number of likely N-dealkylation sites (tertiary alicyclic amines) is 1. The highest BCUT2D eigenvalue weighted by Crippen LogP contribution is 2.23. The van der Waals surface area contributed by atoms with Crippen molar-refractivity contribution in [1.82, 2.24) is 15.5 Å². The predicted octanol–water partition coefficient (Wildman–Crippen LogP) is 2.85. The minimum absolute atomic E-state index is 0.0591. The van der Waals surface area contributed by atoms with Crippen molar-refractivity contribution >= 4 is 11.9 Å². The predicted molar refractivity (Wildman–Crippen MR) is 108 cm³/mol. The number of nitrogens with one attached hydrogen (secondary N) is 2. The number of nitrogens with zero attached hydrogens (tertiary/aromatic N) is 2. The fourth-order valence-corrected chi connectivity index (χ4v) is 3.48. The molecule has 2 N–H and O–H groups in total. The molecule has 0 aliphatic carbocycles. The monoisotopic (exact) mass is 358 g/mol. The highest BCUT2D eigenvalue weighted by molar-refractivity contribution is 5.81. The number of carbonyl (C=O) groups is 1. The van der Waals surface area contributed by atoms with Crippen LogP contribution >= 0.6 is 0 Å². The molecule has 1 fully saturated rings. The van der Waals surface area contributed by atoms with E-state index in [1.165, 1.54) is 5.56 Å². The van der Waals surface area contributed by atoms with Gasteiger partial charge in [0.05, 0.1) is 0 Å². The van der Waals surface area contributed by atoms with Gasteiger partial charge < -0.3 is 15.5 Å². The van der Waals surface area contributed by atoms with E-state index in [2.05, 4.69) is 59.8 Å². The number of rotatable bonds is 6. The summed E-state index contributed by atoms with van der Waals surface area (Å²) in [6, 6.07) is 10.9. The molecule has 0 aromatic heterocycles. The summed E-state index contributed by atoms with van der Waals surface area (Å²) in [5.41, 5.74) is 1.35. The van der Waals surface area contributed by atoms with Crippen LogP contribution in [-0.4, -0.2) is 49.5 Å². The lowest BCUT2D eigenvalue weighted by Crippen LogP contribution is -2.46. The number of benzene rings is 1. The second-order valence-corrected chi connectivity index (χ2v) is 7.78. The van der Waals surface area contributed by atoms with Crippen LogP contribution in [0.3, 0.4) is 0 Å². The smallest absolute Gasteiger partial charge is 0.225 e. The Hall–Kier alpha value is -2.04. The van der Waals surface area contributed by atoms with Crippen molar-refractivity contribution in [3.05, 3.63) is 35.9 Å². The average molecular weight is 359 g/mol. The van der Waals surface area contributed by atoms with Gasteiger partial charge in [-0.2, -0.15) is 0 Å². The summed E-state index contributed by atoms with van der Waals surface area (Å²) in [7, 11) is 1.80. The number of guanidine groups is 1. The van der Waals surface area contributed by atoms with Crippen molar-refractivity contribution in [3.8, 4) is 0 Å². The van der Waals surface area contributed by atoms with E-state index in [0.29, 0.717) is 11.8 Å². The molecule has 1 heterocycles. The van der Waals surface area contributed by atoms with E-state index in [9.17, 15) is 4.79 Å². The molecule has 1 saturated heterocycles. The van der Waals surface area contributed by atoms with Gasteiger partial charge in [-0.05, 0) is 17.9 Å². The first-order valence-electron chi connectivity index (χ1n) is 9.73. The van der Waals surface area contributed by atoms with E-state index >= 15 is 0 Å². The Morgan fingerprint density at radius 2 is 1.92 bits per heavy atom. The van der Waals surface area contributed by atoms with Crippen molar-refractivity contribution in [3.63, 3.8) is 0 Å². The first kappa shape index (κ1) is 20.3. The summed E-state index contributed by atoms with van der Waals surface area (Å²) in [5.74, 6) is 2.08. The number of carbonyl (C=O) groups excluding carboxylic acids is 1. The molecule has 1 amide bonds. The SMILES string of the molecule is CN=C(NCC(c1ccccc1)C(C)C)NC1CCN(C(=O)C(C)C)C1. The molecule has 5 nitrogen and oxygen atoms in total. The Morgan fingerprint density at radius 3 is 2.50 bits per heavy atom. The molecule has 2 atom stereocenters. The van der Waals surface area contributed by atoms with E-state index in [4.69, 9.17) is 0 Å². The fourth-order valence-electron chi connectivity index (χ4n) is 3.48. The van der Waals surface area contributed by atoms with Gasteiger partial charge in [0.1, 0.15) is 0 Å². The Kier molecular flexibility index (Phi) is 7.49. The van der Waals surface area contributed by atoms with E-state index in [1.807, 2.05) is 18.7 Å². The summed E-state index contributed by atoms with van der Waals surface area (Å²) in [6.45, 7) is 10.8. The van der Waals surface area contributed by atoms with Crippen LogP contribution in [0.5, 0.6) is 0 Å². The van der Waals surface area contributed by atoms with Gasteiger partial charge in [-0.25, -0.2) is 0 Å². The zero-order valence-electron chi connectivity index (χ0n) is 16.8. The molecule has 2 unspecified atom stereocenters. The summed E-state index contributed by atoms with van der Waals surface area (Å²) in [4.78, 5) is 18.5. The molecule has 5 heteroatoms. The fraction of sp³-hybridized carbons (Fsp3) is 0.619. The molecule has 1 aromatic rings. The van der Waals surface area contributed by atoms with Crippen molar-refractivity contribution in [2.75, 3.05) is 26.7 Å². The minimum Gasteiger partial charge on any atom is -0.356 e. The maximum Gasteiger partial charge on any atom is 0.225 e. The standard InChI is InChI=1S/C21H34N4O/c1-15(2)19(17-9-7-6-8-10-17)13-23-21(22-5)24-18-11-12-25(14-18)20(26)16(3)4/h6-10,15-16,18-19H,11-14H2,1-5H3,(H2,22,23,24). The Bertz CT molecular complexity index is 597. The van der Waals surface area contributed by atoms with E-state index in [1.54, 1.807) is 7.05 Å². The maximum atomic E-state index is 12.1. The third-order valence-corrected chi connectivity index (χ3v) is 5.08. The molecule has 2 rings (SSSR count). The van der Waals surface area contributed by atoms with Crippen LogP contribution in [0.25, 0.3) is 0 Å². The van der Waals surface area contributed by atoms with Gasteiger partial charge in [0.25, 0.3) is 0 Å². The molecule has 1 aliphatic heterocycles. The Balaban J connectivity index is 1.89. The summed E-state index contributed by atoms with van der Waals surface area (Å²) < 4.78 is 0. The maximum absolute atomic E-state index is 12.1. The van der Waals surface area contributed by atoms with E-state index < -0.39 is 0 Å². The van der Waals surface area contributed by atoms with Gasteiger partial charge in [-0.15, -0.1) is 0 Å². The van der Waals surface area contributed by atoms with Crippen molar-refractivity contribution in [2.24, 2.45) is 16.8 Å². The van der Waals surface area contributed by atoms with Crippen LogP contribution < -0.4 is 10.6 Å². The lowest BCUT2D eigenvalue weighted by Gasteiger charge is -2.24. The molecule has 0 bridgehead atoms. The highest BCUT2D eigenvalue weighted by atomic mass is 16.2. The van der Waals surface area contributed by atoms with Gasteiger partial charge in [0.15, 0.2) is 5.96 Å². The van der Waals surface area contributed by atoms with Crippen LogP contribution in [0.4, 0.5) is 0 Å². The van der Waals surface area contributed by atoms with Gasteiger partial charge >= 0.3 is 0 Å². The van der Waals surface area contributed by atoms with Crippen LogP contribution in [0.15, 0.2) is 35.3 Å². The zero-order valence-corrected chi connectivity index (χ0v) is 16.8. The molecule has 144 valence electrons. The number of amides is 1. The largest absolute Gasteiger partial charge is 0.356 e. The molecule has 0 saturated carbocycles. The van der Waals surface area contributed by atoms with Crippen LogP contribution in [0.2, 0.25) is 0 Å². The quantitative estimate of drug-likeness (QED) is 0.607. The first-order chi connectivity index (χ1) is 12.4. The number of aliphatic imine (C=N–C) groups is 1. The molecule has 0 spiro atoms. The molecule has 1 aromatic carbocycles. The lowest BCUT2D eigenvalue weighted by atomic mass is 9.88. The van der Waals surface area contributed by atoms with Gasteiger partial charge in [0.2, 0.25) is 5.91 Å². The topological polar surface area (TPSA) is 56.7 Å². The second-order valence-electron chi connectivity index (χ2n) is 7.78. The molecular formula is C21H34N4O. The lowest BCUT2D eigenvalue weighted by molar-refractivity contribution is -0.133. The number of hydrogen-bond donors (Lipinski definition) is 2. The van der Waals surface area contributed by atoms with Crippen molar-refractivity contribution < 1.29 is 4.79 Å². The third kappa shape index (κ3) is 5.48. The highest BCUT2D eigenvalue weighted by Gasteiger charge is 2.28. The van der Waals surface area contributed by atoms with Gasteiger partial charge in [0, 0.05) is 44.6 Å². The molecule has 1 aliphatic rings. The Labute approximate surface area is 158 Å². The van der Waals surface area contributed by atoms with Gasteiger partial charge in [-0.3, -0.25) is 9.79 Å². The zero-order chi connectivity index (χ0) is 19.1. The average Bonchev–Trinajstić information content (AvgIpc) is 3.09. The normalized spacial score (nSPS) is 19.1. The minimum atomic E-state index is 0.0591. The summed E-state index contributed by atoms with van der Waals surface area (Å²) in [6.07, 6.45) is 0.964. The van der Waals surface area contributed by atoms with Crippen LogP contribution in [0.1, 0.15) is 45.6 Å². The molecule has 26 heavy (non-hydrogen) atoms. The summed E-state index contributed by atoms with van der Waals surface area (Å²) in [5, 5.41) is 6.96. The number of hydrogen-bond acceptors (Lipinski definition) is 2. The van der Waals surface area contributed by atoms with Gasteiger partial charge in [-0.1, -0.05) is 58.0 Å². The summed E-state index contributed by atoms with van der Waals surface area (Å²) >= 11 is 0. The molecule has 0 radical (unpaired) electrons. The first-order valence-corrected chi connectivity index (χ1v) is 9.73. The van der Waals surface area contributed by atoms with Crippen molar-refractivity contribution in [2.45, 2.75) is 46.1 Å². The molecular weight excluding hydrogens is 324 g/mol. The van der Waals surface area contributed by atoms with Crippen molar-refractivity contribution in [1.29, 1.82) is 0 Å².